The van der Waals surface area contributed by atoms with Crippen LogP contribution in [0.4, 0.5) is 27.6 Å². The van der Waals surface area contributed by atoms with E-state index in [1.807, 2.05) is 18.2 Å². The number of carbonyl (C=O) groups excluding carboxylic acids is 4. The Balaban J connectivity index is 0.000000585. The number of hydrogen-bond donors (Lipinski definition) is 3. The van der Waals surface area contributed by atoms with Crippen molar-refractivity contribution in [2.24, 2.45) is 7.05 Å². The monoisotopic (exact) mass is 2480 g/mol. The van der Waals surface area contributed by atoms with Crippen LogP contribution in [0.15, 0.2) is 89.2 Å². The van der Waals surface area contributed by atoms with E-state index in [0.717, 1.165) is 52.4 Å². The number of Topliss-reactive ketones (excluding diaryl/α,β-unsaturated/α-hetero) is 2. The maximum atomic E-state index is 15.7. The molecule has 3 saturated carbocycles. The van der Waals surface area contributed by atoms with Crippen molar-refractivity contribution in [3.05, 3.63) is 179 Å². The third-order valence-electron chi connectivity index (χ3n) is 25.5. The molecule has 2 unspecified atom stereocenters. The second kappa shape index (κ2) is 61.3. The number of hydrogen-bond acceptors (Lipinski definition) is 31. The molecule has 0 amide bonds. The molecule has 5 fully saturated rings. The Hall–Kier alpha value is -8.31. The van der Waals surface area contributed by atoms with Gasteiger partial charge in [-0.15, -0.1) is 0 Å². The first-order valence-electron chi connectivity index (χ1n) is 45.8. The molecule has 14 rings (SSSR count). The van der Waals surface area contributed by atoms with Crippen molar-refractivity contribution in [1.29, 1.82) is 0 Å². The summed E-state index contributed by atoms with van der Waals surface area (Å²) >= 11 is 15.9. The molecule has 48 heteroatoms. The summed E-state index contributed by atoms with van der Waals surface area (Å²) in [4.78, 5) is 64.0. The zero-order valence-electron chi connectivity index (χ0n) is 89.6. The molecule has 150 heavy (non-hydrogen) atoms. The number of methoxy groups -OCH3 is 14. The van der Waals surface area contributed by atoms with Crippen molar-refractivity contribution in [2.75, 3.05) is 126 Å². The van der Waals surface area contributed by atoms with Crippen LogP contribution in [-0.2, 0) is 86.8 Å². The molecule has 2 atom stereocenters. The zero-order chi connectivity index (χ0) is 110. The average Bonchev–Trinajstić information content (AvgIpc) is 1.57. The standard InChI is InChI=1S/C23H37FO6Si.C15H24BrFO3Si.C15H17FO4.C9H10BrFO3.C9H8BrFO3.C9H9BrO3.C8H9BrO2.C8H12O3.C5H5N3O4.CH4.B.Na.H/c1-21(2,3)31(6,7)30-14-16-17(26-4)13-18(27-5)20(24)19(16)22(25)9-8-10-23(15-22)28-11-12-29-23;1-15(2,3)21(6,7)20-9-10-11(18-4)8-12(19-5)14(17)13(10)16;1-18-11-6-12(19-2)14(16)13-10(11)8-20-15(13)5-3-4-9(17)7-15;2*1-13-6-3-7(14-2)9(11)8(10)5(6)4-12;1-12-6-3-8(10)7(5-11)9(4-6)13-2;1-10-7-3-6(9)4-8(5-7)11-2;9-7-2-1-3-8(6-7)10-4-5-11-8;1-7-4(5(9)10)3(2-6-7)8(11)12;;;;/h13,25H,8-12,14-15H2,1-7H3;8H,9H2,1-7H3;6H,3-5,7-8H2,1-2H3;3,12H,4H2,1-2H3;3-4H,1-2H3;3-5H,1-2H3;3-5H,1-2H3;1-6H2;2H,1H3,(H,9,10);1H4;;;/q;;;;;;;;;;;+1;-1. The molecule has 3 radical (unpaired) electrons. The van der Waals surface area contributed by atoms with Gasteiger partial charge in [-0.05, 0) is 150 Å². The van der Waals surface area contributed by atoms with Crippen molar-refractivity contribution < 1.29 is 196 Å². The van der Waals surface area contributed by atoms with Crippen LogP contribution >= 0.6 is 79.6 Å². The fraction of sp³-hybridized carbons (Fsp3) is 0.510. The molecule has 0 bridgehead atoms. The number of aliphatic hydroxyl groups is 2. The van der Waals surface area contributed by atoms with Crippen molar-refractivity contribution in [3.8, 4) is 80.5 Å². The SMILES string of the molecule is C.COc1cc(Br)c(C=O)c(OC)c1.COc1cc(Br)cc(OC)c1.COc1cc(OC)c(C=O)c(Br)c1F.COc1cc(OC)c(CO)c(Br)c1F.COc1cc(OC)c(CO[Si](C)(C)C(C)(C)C)c(Br)c1F.COc1cc(OC)c(CO[Si](C)(C)C(C)(C)C)c(C2(O)CCCC3(C2)OCCO3)c1F.COc1cc(OC)c2c(c1F)C1(CCCC(=O)C1)OC2.Cn1ncc([N+](=O)[O-])c1C(=O)O.O=C1CCCC2(C1)OCCO2.[B].[H-].[Na+]. The van der Waals surface area contributed by atoms with Crippen LogP contribution < -0.4 is 95.9 Å². The first-order chi connectivity index (χ1) is 69.2. The van der Waals surface area contributed by atoms with Crippen molar-refractivity contribution in [1.82, 2.24) is 9.78 Å². The number of aldehydes is 2. The normalized spacial score (nSPS) is 16.3. The molecule has 8 aromatic rings. The quantitative estimate of drug-likeness (QED) is 0.0149. The number of aromatic carboxylic acids is 1. The van der Waals surface area contributed by atoms with Gasteiger partial charge >= 0.3 is 41.2 Å². The number of aryl methyl sites for hydroxylation is 1. The number of ketones is 2. The fourth-order valence-electron chi connectivity index (χ4n) is 15.6. The summed E-state index contributed by atoms with van der Waals surface area (Å²) in [7, 11) is 18.0. The molecule has 3 N–H and O–H groups in total. The number of aromatic nitrogens is 2. The van der Waals surface area contributed by atoms with E-state index >= 15 is 4.39 Å². The van der Waals surface area contributed by atoms with Crippen LogP contribution in [0.1, 0.15) is 192 Å². The molecule has 2 saturated heterocycles. The summed E-state index contributed by atoms with van der Waals surface area (Å²) in [5, 5.41) is 43.1. The summed E-state index contributed by atoms with van der Waals surface area (Å²) in [6, 6.07) is 16.3. The van der Waals surface area contributed by atoms with Gasteiger partial charge in [0.05, 0.1) is 194 Å². The minimum Gasteiger partial charge on any atom is -1.00 e. The van der Waals surface area contributed by atoms with E-state index in [2.05, 4.69) is 152 Å². The number of nitrogens with zero attached hydrogens (tertiary/aromatic N) is 3. The predicted octanol–water partition coefficient (Wildman–Crippen LogP) is 20.2. The van der Waals surface area contributed by atoms with E-state index in [1.165, 1.54) is 102 Å². The molecule has 3 spiro atoms. The Morgan fingerprint density at radius 3 is 1.29 bits per heavy atom. The Bertz CT molecular complexity index is 5850. The number of rotatable bonds is 26. The molecule has 3 aliphatic heterocycles. The molecule has 7 aromatic carbocycles. The zero-order valence-corrected chi connectivity index (χ0v) is 101. The molecular formula is C102H136BBr5F5N3NaO31Si2. The predicted molar refractivity (Wildman–Crippen MR) is 571 cm³/mol. The number of halogens is 10. The molecule has 3 aliphatic carbocycles. The van der Waals surface area contributed by atoms with E-state index in [4.69, 9.17) is 109 Å². The van der Waals surface area contributed by atoms with Crippen molar-refractivity contribution >= 4 is 140 Å². The van der Waals surface area contributed by atoms with Gasteiger partial charge in [-0.25, -0.2) is 26.7 Å². The maximum absolute atomic E-state index is 15.7. The topological polar surface area (TPSA) is 401 Å². The number of carboxylic acids is 1. The Morgan fingerprint density at radius 2 is 0.880 bits per heavy atom. The Morgan fingerprint density at radius 1 is 0.500 bits per heavy atom. The number of nitro groups is 1. The van der Waals surface area contributed by atoms with Gasteiger partial charge in [-0.2, -0.15) is 5.10 Å². The Labute approximate surface area is 942 Å². The fourth-order valence-corrected chi connectivity index (χ4v) is 19.9. The van der Waals surface area contributed by atoms with Crippen LogP contribution in [0, 0.1) is 39.2 Å². The van der Waals surface area contributed by atoms with Crippen LogP contribution in [-0.4, -0.2) is 223 Å². The van der Waals surface area contributed by atoms with Gasteiger partial charge in [0.15, 0.2) is 98.6 Å². The summed E-state index contributed by atoms with van der Waals surface area (Å²) in [5.74, 6) is 0.358. The largest absolute Gasteiger partial charge is 1.00 e. The maximum Gasteiger partial charge on any atom is 1.00 e. The third kappa shape index (κ3) is 34.6. The third-order valence-corrected chi connectivity index (χ3v) is 38.0. The van der Waals surface area contributed by atoms with Gasteiger partial charge in [0.25, 0.3) is 0 Å². The van der Waals surface area contributed by atoms with E-state index in [9.17, 15) is 56.8 Å². The first kappa shape index (κ1) is 136. The van der Waals surface area contributed by atoms with Gasteiger partial charge < -0.3 is 116 Å². The minimum absolute atomic E-state index is 0. The summed E-state index contributed by atoms with van der Waals surface area (Å²) in [6.07, 6.45) is 9.15. The Kier molecular flexibility index (Phi) is 55.5. The number of carbonyl (C=O) groups is 5. The summed E-state index contributed by atoms with van der Waals surface area (Å²) < 4.78 is 187. The number of benzene rings is 7. The summed E-state index contributed by atoms with van der Waals surface area (Å²) in [6.45, 7) is 24.2. The van der Waals surface area contributed by atoms with Crippen LogP contribution in [0.2, 0.25) is 36.3 Å². The van der Waals surface area contributed by atoms with E-state index < -0.39 is 90.8 Å². The van der Waals surface area contributed by atoms with Gasteiger partial charge in [-0.3, -0.25) is 34.0 Å². The van der Waals surface area contributed by atoms with Crippen LogP contribution in [0.5, 0.6) is 80.5 Å². The number of aliphatic hydroxyl groups excluding tert-OH is 1. The summed E-state index contributed by atoms with van der Waals surface area (Å²) in [5.41, 5.74) is 0.244. The van der Waals surface area contributed by atoms with Crippen LogP contribution in [0.3, 0.4) is 0 Å². The smallest absolute Gasteiger partial charge is 1.00 e. The molecule has 827 valence electrons. The minimum atomic E-state index is -2.13. The molecule has 4 heterocycles. The van der Waals surface area contributed by atoms with Gasteiger partial charge in [0.1, 0.15) is 75.1 Å². The average molecular weight is 2480 g/mol. The first-order valence-corrected chi connectivity index (χ1v) is 55.6. The number of fused-ring (bicyclic) bond motifs is 2. The number of carboxylic acid groups (broad SMARTS) is 1. The second-order valence-electron chi connectivity index (χ2n) is 36.5. The van der Waals surface area contributed by atoms with E-state index in [-0.39, 0.29) is 156 Å². The molecule has 6 aliphatic rings. The van der Waals surface area contributed by atoms with Crippen LogP contribution in [0.25, 0.3) is 0 Å². The number of ether oxygens (including phenoxy) is 19. The van der Waals surface area contributed by atoms with E-state index in [0.29, 0.717) is 161 Å². The van der Waals surface area contributed by atoms with Gasteiger partial charge in [0, 0.05) is 139 Å². The molecule has 1 aromatic heterocycles. The second-order valence-corrected chi connectivity index (χ2v) is 50.3. The van der Waals surface area contributed by atoms with Gasteiger partial charge in [0.2, 0.25) is 5.69 Å². The molecular weight excluding hydrogens is 2350 g/mol. The van der Waals surface area contributed by atoms with Crippen molar-refractivity contribution in [3.63, 3.8) is 0 Å². The molecule has 34 nitrogen and oxygen atoms in total. The van der Waals surface area contributed by atoms with E-state index in [1.54, 1.807) is 46.6 Å². The van der Waals surface area contributed by atoms with Crippen molar-refractivity contribution in [2.45, 2.75) is 211 Å². The van der Waals surface area contributed by atoms with Gasteiger partial charge in [-0.1, -0.05) is 64.9 Å².